The molecule has 1 aliphatic heterocycles. The molecule has 1 aliphatic carbocycles. The Bertz CT molecular complexity index is 894. The molecule has 0 N–H and O–H groups in total. The van der Waals surface area contributed by atoms with E-state index in [1.807, 2.05) is 65.4 Å². The number of rotatable bonds is 5. The minimum absolute atomic E-state index is 0.0339. The first-order chi connectivity index (χ1) is 14.5. The van der Waals surface area contributed by atoms with Crippen LogP contribution >= 0.6 is 23.4 Å². The maximum atomic E-state index is 12.9. The number of hydrogen-bond donors (Lipinski definition) is 0. The maximum absolute atomic E-state index is 12.9. The van der Waals surface area contributed by atoms with E-state index in [2.05, 4.69) is 0 Å². The van der Waals surface area contributed by atoms with E-state index in [0.717, 1.165) is 24.0 Å². The molecule has 6 heteroatoms. The molecule has 0 radical (unpaired) electrons. The van der Waals surface area contributed by atoms with Crippen molar-refractivity contribution >= 4 is 35.2 Å². The van der Waals surface area contributed by atoms with Crippen molar-refractivity contribution in [2.24, 2.45) is 0 Å². The minimum Gasteiger partial charge on any atom is -0.339 e. The second-order valence-corrected chi connectivity index (χ2v) is 9.65. The molecule has 1 heterocycles. The summed E-state index contributed by atoms with van der Waals surface area (Å²) in [7, 11) is 1.92. The number of benzene rings is 2. The van der Waals surface area contributed by atoms with Gasteiger partial charge in [0.2, 0.25) is 5.91 Å². The zero-order valence-corrected chi connectivity index (χ0v) is 18.8. The quantitative estimate of drug-likeness (QED) is 0.612. The molecule has 2 aromatic rings. The van der Waals surface area contributed by atoms with Crippen molar-refractivity contribution in [3.8, 4) is 0 Å². The van der Waals surface area contributed by atoms with Crippen LogP contribution in [0.15, 0.2) is 48.5 Å². The molecule has 1 saturated heterocycles. The van der Waals surface area contributed by atoms with Crippen LogP contribution in [0.2, 0.25) is 5.02 Å². The lowest BCUT2D eigenvalue weighted by molar-refractivity contribution is -0.128. The average Bonchev–Trinajstić information content (AvgIpc) is 3.15. The third-order valence-corrected chi connectivity index (χ3v) is 7.63. The van der Waals surface area contributed by atoms with Crippen LogP contribution in [-0.4, -0.2) is 40.5 Å². The van der Waals surface area contributed by atoms with Gasteiger partial charge in [0.15, 0.2) is 0 Å². The largest absolute Gasteiger partial charge is 0.339 e. The van der Waals surface area contributed by atoms with Crippen LogP contribution in [0.5, 0.6) is 0 Å². The fraction of sp³-hybridized carbons (Fsp3) is 0.417. The van der Waals surface area contributed by atoms with Gasteiger partial charge in [-0.05, 0) is 48.2 Å². The summed E-state index contributed by atoms with van der Waals surface area (Å²) in [6.45, 7) is 0.554. The van der Waals surface area contributed by atoms with Crippen LogP contribution in [0.1, 0.15) is 59.0 Å². The summed E-state index contributed by atoms with van der Waals surface area (Å²) in [6.07, 6.45) is 5.88. The standard InChI is InChI=1S/C24H27ClN2O2S/c1-26(21-5-3-2-4-6-21)23(29)18-9-11-19(12-10-18)24-27(22(28)16-30-24)15-17-7-13-20(25)14-8-17/h7-14,21,24H,2-6,15-16H2,1H3. The van der Waals surface area contributed by atoms with Gasteiger partial charge in [-0.25, -0.2) is 0 Å². The third kappa shape index (κ3) is 4.68. The Balaban J connectivity index is 1.46. The summed E-state index contributed by atoms with van der Waals surface area (Å²) in [4.78, 5) is 29.2. The lowest BCUT2D eigenvalue weighted by atomic mass is 9.94. The Hall–Kier alpha value is -1.98. The SMILES string of the molecule is CN(C(=O)c1ccc(C2SCC(=O)N2Cc2ccc(Cl)cc2)cc1)C1CCCCC1. The smallest absolute Gasteiger partial charge is 0.253 e. The third-order valence-electron chi connectivity index (χ3n) is 6.12. The molecule has 0 bridgehead atoms. The lowest BCUT2D eigenvalue weighted by Gasteiger charge is -2.31. The molecule has 1 unspecified atom stereocenters. The van der Waals surface area contributed by atoms with Gasteiger partial charge in [-0.2, -0.15) is 0 Å². The van der Waals surface area contributed by atoms with E-state index in [9.17, 15) is 9.59 Å². The summed E-state index contributed by atoms with van der Waals surface area (Å²) in [6, 6.07) is 15.8. The van der Waals surface area contributed by atoms with Gasteiger partial charge in [0.1, 0.15) is 5.37 Å². The van der Waals surface area contributed by atoms with Crippen molar-refractivity contribution in [3.63, 3.8) is 0 Å². The Kier molecular flexibility index (Phi) is 6.69. The number of thioether (sulfide) groups is 1. The molecule has 1 atom stereocenters. The molecule has 2 aromatic carbocycles. The summed E-state index contributed by atoms with van der Waals surface area (Å²) < 4.78 is 0. The average molecular weight is 443 g/mol. The monoisotopic (exact) mass is 442 g/mol. The van der Waals surface area contributed by atoms with Gasteiger partial charge in [-0.1, -0.05) is 55.1 Å². The van der Waals surface area contributed by atoms with Gasteiger partial charge in [0.05, 0.1) is 5.75 Å². The van der Waals surface area contributed by atoms with Crippen molar-refractivity contribution in [1.82, 2.24) is 9.80 Å². The Morgan fingerprint density at radius 1 is 1.07 bits per heavy atom. The van der Waals surface area contributed by atoms with Gasteiger partial charge in [0, 0.05) is 30.2 Å². The molecule has 1 saturated carbocycles. The molecule has 4 rings (SSSR count). The van der Waals surface area contributed by atoms with Gasteiger partial charge in [-0.15, -0.1) is 11.8 Å². The van der Waals surface area contributed by atoms with Gasteiger partial charge in [0.25, 0.3) is 5.91 Å². The molecular formula is C24H27ClN2O2S. The van der Waals surface area contributed by atoms with Crippen LogP contribution in [0.25, 0.3) is 0 Å². The van der Waals surface area contributed by atoms with Crippen molar-refractivity contribution in [1.29, 1.82) is 0 Å². The molecule has 2 fully saturated rings. The minimum atomic E-state index is -0.0339. The molecule has 158 valence electrons. The number of hydrogen-bond acceptors (Lipinski definition) is 3. The molecule has 4 nitrogen and oxygen atoms in total. The fourth-order valence-corrected chi connectivity index (χ4v) is 5.63. The van der Waals surface area contributed by atoms with Crippen LogP contribution in [0.4, 0.5) is 0 Å². The van der Waals surface area contributed by atoms with Crippen LogP contribution in [0, 0.1) is 0 Å². The molecule has 0 spiro atoms. The second-order valence-electron chi connectivity index (χ2n) is 8.14. The summed E-state index contributed by atoms with van der Waals surface area (Å²) >= 11 is 7.61. The van der Waals surface area contributed by atoms with E-state index in [0.29, 0.717) is 28.9 Å². The van der Waals surface area contributed by atoms with Crippen LogP contribution in [-0.2, 0) is 11.3 Å². The number of carbonyl (C=O) groups is 2. The number of nitrogens with zero attached hydrogens (tertiary/aromatic N) is 2. The lowest BCUT2D eigenvalue weighted by Crippen LogP contribution is -2.38. The predicted octanol–water partition coefficient (Wildman–Crippen LogP) is 5.52. The number of amides is 2. The normalized spacial score (nSPS) is 19.9. The molecule has 30 heavy (non-hydrogen) atoms. The highest BCUT2D eigenvalue weighted by Crippen LogP contribution is 2.39. The first kappa shape index (κ1) is 21.3. The highest BCUT2D eigenvalue weighted by atomic mass is 35.5. The van der Waals surface area contributed by atoms with E-state index >= 15 is 0 Å². The number of carbonyl (C=O) groups excluding carboxylic acids is 2. The molecule has 2 amide bonds. The van der Waals surface area contributed by atoms with Crippen LogP contribution < -0.4 is 0 Å². The van der Waals surface area contributed by atoms with E-state index in [1.54, 1.807) is 11.8 Å². The van der Waals surface area contributed by atoms with E-state index in [1.165, 1.54) is 19.3 Å². The predicted molar refractivity (Wildman–Crippen MR) is 123 cm³/mol. The molecule has 2 aliphatic rings. The fourth-order valence-electron chi connectivity index (χ4n) is 4.32. The highest BCUT2D eigenvalue weighted by molar-refractivity contribution is 8.00. The Labute approximate surface area is 187 Å². The van der Waals surface area contributed by atoms with Crippen molar-refractivity contribution in [2.75, 3.05) is 12.8 Å². The Morgan fingerprint density at radius 3 is 2.40 bits per heavy atom. The van der Waals surface area contributed by atoms with Crippen molar-refractivity contribution in [2.45, 2.75) is 50.1 Å². The van der Waals surface area contributed by atoms with Crippen molar-refractivity contribution < 1.29 is 9.59 Å². The maximum Gasteiger partial charge on any atom is 0.253 e. The topological polar surface area (TPSA) is 40.6 Å². The molecular weight excluding hydrogens is 416 g/mol. The van der Waals surface area contributed by atoms with E-state index < -0.39 is 0 Å². The summed E-state index contributed by atoms with van der Waals surface area (Å²) in [5, 5.41) is 0.657. The second kappa shape index (κ2) is 9.44. The zero-order valence-electron chi connectivity index (χ0n) is 17.2. The van der Waals surface area contributed by atoms with E-state index in [4.69, 9.17) is 11.6 Å². The zero-order chi connectivity index (χ0) is 21.1. The Morgan fingerprint density at radius 2 is 1.73 bits per heavy atom. The number of halogens is 1. The van der Waals surface area contributed by atoms with Crippen LogP contribution in [0.3, 0.4) is 0 Å². The first-order valence-electron chi connectivity index (χ1n) is 10.6. The summed E-state index contributed by atoms with van der Waals surface area (Å²) in [5.41, 5.74) is 2.82. The van der Waals surface area contributed by atoms with E-state index in [-0.39, 0.29) is 17.2 Å². The van der Waals surface area contributed by atoms with Gasteiger partial charge in [-0.3, -0.25) is 9.59 Å². The summed E-state index contributed by atoms with van der Waals surface area (Å²) in [5.74, 6) is 0.697. The van der Waals surface area contributed by atoms with Gasteiger partial charge >= 0.3 is 0 Å². The highest BCUT2D eigenvalue weighted by Gasteiger charge is 2.33. The van der Waals surface area contributed by atoms with Crippen molar-refractivity contribution in [3.05, 3.63) is 70.2 Å². The van der Waals surface area contributed by atoms with Gasteiger partial charge < -0.3 is 9.80 Å². The first-order valence-corrected chi connectivity index (χ1v) is 12.0. The molecule has 0 aromatic heterocycles.